The summed E-state index contributed by atoms with van der Waals surface area (Å²) in [5.41, 5.74) is 1.63. The molecular weight excluding hydrogens is 370 g/mol. The fraction of sp³-hybridized carbons (Fsp3) is 0.524. The Balaban J connectivity index is 1.32. The van der Waals surface area contributed by atoms with Crippen LogP contribution in [0.25, 0.3) is 0 Å². The number of likely N-dealkylation sites (tertiary alicyclic amines) is 1. The fourth-order valence-electron chi connectivity index (χ4n) is 4.29. The van der Waals surface area contributed by atoms with Gasteiger partial charge in [0.2, 0.25) is 5.91 Å². The van der Waals surface area contributed by atoms with E-state index in [-0.39, 0.29) is 24.0 Å². The summed E-state index contributed by atoms with van der Waals surface area (Å²) in [5, 5.41) is 4.30. The topological polar surface area (TPSA) is 80.6 Å². The van der Waals surface area contributed by atoms with Crippen molar-refractivity contribution in [3.8, 4) is 0 Å². The van der Waals surface area contributed by atoms with E-state index >= 15 is 0 Å². The number of aromatic nitrogens is 3. The molecule has 2 aliphatic heterocycles. The van der Waals surface area contributed by atoms with Crippen LogP contribution in [0, 0.1) is 0 Å². The van der Waals surface area contributed by atoms with E-state index in [0.29, 0.717) is 25.9 Å². The molecule has 0 saturated carbocycles. The number of hydrogen-bond donors (Lipinski definition) is 0. The van der Waals surface area contributed by atoms with Gasteiger partial charge in [0.1, 0.15) is 6.10 Å². The van der Waals surface area contributed by atoms with Crippen LogP contribution in [0.1, 0.15) is 30.7 Å². The summed E-state index contributed by atoms with van der Waals surface area (Å²) in [6, 6.07) is 7.60. The molecule has 2 aromatic rings. The van der Waals surface area contributed by atoms with Crippen LogP contribution in [0.3, 0.4) is 0 Å². The number of rotatable bonds is 5. The highest BCUT2D eigenvalue weighted by Gasteiger charge is 2.43. The number of hydrogen-bond acceptors (Lipinski definition) is 5. The summed E-state index contributed by atoms with van der Waals surface area (Å²) in [6.07, 6.45) is 5.53. The van der Waals surface area contributed by atoms with Crippen molar-refractivity contribution in [2.45, 2.75) is 50.5 Å². The molecule has 2 amide bonds. The maximum Gasteiger partial charge on any atom is 0.251 e. The lowest BCUT2D eigenvalue weighted by atomic mass is 9.98. The molecule has 0 radical (unpaired) electrons. The van der Waals surface area contributed by atoms with E-state index in [1.807, 2.05) is 42.4 Å². The highest BCUT2D eigenvalue weighted by molar-refractivity contribution is 5.81. The van der Waals surface area contributed by atoms with Crippen LogP contribution in [0.5, 0.6) is 0 Å². The molecule has 8 nitrogen and oxygen atoms in total. The van der Waals surface area contributed by atoms with Crippen LogP contribution < -0.4 is 0 Å². The molecule has 4 rings (SSSR count). The molecule has 4 heterocycles. The van der Waals surface area contributed by atoms with Gasteiger partial charge >= 0.3 is 0 Å². The minimum atomic E-state index is -0.448. The van der Waals surface area contributed by atoms with Crippen molar-refractivity contribution in [3.63, 3.8) is 0 Å². The summed E-state index contributed by atoms with van der Waals surface area (Å²) in [6.45, 7) is 1.13. The standard InChI is InChI=1S/C21H27N5O3/c1-24(14-16-5-3-4-10-22-16)21(28)19-7-6-17-18(29-19)9-12-26(17)20(27)13-15-8-11-25(2)23-15/h3-5,8,10-11,17-19H,6-7,9,12-14H2,1-2H3/t17-,18-,19-/m1/s1. The Labute approximate surface area is 170 Å². The van der Waals surface area contributed by atoms with Gasteiger partial charge in [-0.1, -0.05) is 6.07 Å². The van der Waals surface area contributed by atoms with E-state index in [9.17, 15) is 9.59 Å². The lowest BCUT2D eigenvalue weighted by Crippen LogP contribution is -2.49. The van der Waals surface area contributed by atoms with Crippen molar-refractivity contribution >= 4 is 11.8 Å². The van der Waals surface area contributed by atoms with Gasteiger partial charge in [-0.2, -0.15) is 5.10 Å². The van der Waals surface area contributed by atoms with Gasteiger partial charge in [-0.05, 0) is 37.5 Å². The van der Waals surface area contributed by atoms with Crippen LogP contribution in [0.15, 0.2) is 36.7 Å². The predicted molar refractivity (Wildman–Crippen MR) is 106 cm³/mol. The zero-order valence-corrected chi connectivity index (χ0v) is 16.9. The molecule has 0 aromatic carbocycles. The first-order valence-corrected chi connectivity index (χ1v) is 10.1. The van der Waals surface area contributed by atoms with Crippen LogP contribution in [-0.2, 0) is 34.3 Å². The third-order valence-corrected chi connectivity index (χ3v) is 5.75. The highest BCUT2D eigenvalue weighted by Crippen LogP contribution is 2.32. The summed E-state index contributed by atoms with van der Waals surface area (Å²) in [7, 11) is 3.63. The zero-order valence-electron chi connectivity index (χ0n) is 16.9. The van der Waals surface area contributed by atoms with Crippen LogP contribution >= 0.6 is 0 Å². The predicted octanol–water partition coefficient (Wildman–Crippen LogP) is 1.16. The number of ether oxygens (including phenoxy) is 1. The van der Waals surface area contributed by atoms with Gasteiger partial charge in [-0.15, -0.1) is 0 Å². The molecule has 2 saturated heterocycles. The maximum absolute atomic E-state index is 12.8. The van der Waals surface area contributed by atoms with Gasteiger partial charge in [0.25, 0.3) is 5.91 Å². The van der Waals surface area contributed by atoms with Crippen LogP contribution in [0.4, 0.5) is 0 Å². The normalized spacial score (nSPS) is 23.7. The van der Waals surface area contributed by atoms with E-state index in [4.69, 9.17) is 4.74 Å². The lowest BCUT2D eigenvalue weighted by Gasteiger charge is -2.36. The van der Waals surface area contributed by atoms with E-state index in [0.717, 1.165) is 24.2 Å². The second-order valence-electron chi connectivity index (χ2n) is 7.86. The van der Waals surface area contributed by atoms with Crippen molar-refractivity contribution in [3.05, 3.63) is 48.0 Å². The Hall–Kier alpha value is -2.74. The lowest BCUT2D eigenvalue weighted by molar-refractivity contribution is -0.155. The number of pyridine rings is 1. The summed E-state index contributed by atoms with van der Waals surface area (Å²) in [5.74, 6) is 0.0595. The molecule has 29 heavy (non-hydrogen) atoms. The number of carbonyl (C=O) groups excluding carboxylic acids is 2. The van der Waals surface area contributed by atoms with Crippen molar-refractivity contribution in [2.75, 3.05) is 13.6 Å². The third-order valence-electron chi connectivity index (χ3n) is 5.75. The number of fused-ring (bicyclic) bond motifs is 1. The SMILES string of the molecule is CN(Cc1ccccn1)C(=O)[C@H]1CC[C@@H]2[C@@H](CCN2C(=O)Cc2ccn(C)n2)O1. The molecule has 154 valence electrons. The van der Waals surface area contributed by atoms with Gasteiger partial charge in [0.15, 0.2) is 0 Å². The molecule has 8 heteroatoms. The van der Waals surface area contributed by atoms with Crippen molar-refractivity contribution < 1.29 is 14.3 Å². The van der Waals surface area contributed by atoms with Crippen molar-refractivity contribution in [1.82, 2.24) is 24.6 Å². The van der Waals surface area contributed by atoms with E-state index in [2.05, 4.69) is 10.1 Å². The Bertz CT molecular complexity index is 868. The molecule has 2 fully saturated rings. The maximum atomic E-state index is 12.8. The molecule has 2 aromatic heterocycles. The van der Waals surface area contributed by atoms with Crippen molar-refractivity contribution in [1.29, 1.82) is 0 Å². The Morgan fingerprint density at radius 3 is 2.79 bits per heavy atom. The minimum absolute atomic E-state index is 0.0210. The van der Waals surface area contributed by atoms with Gasteiger partial charge in [-0.25, -0.2) is 0 Å². The number of nitrogens with zero attached hydrogens (tertiary/aromatic N) is 5. The van der Waals surface area contributed by atoms with E-state index in [1.54, 1.807) is 22.8 Å². The first kappa shape index (κ1) is 19.6. The highest BCUT2D eigenvalue weighted by atomic mass is 16.5. The first-order chi connectivity index (χ1) is 14.0. The molecule has 2 aliphatic rings. The molecule has 0 unspecified atom stereocenters. The van der Waals surface area contributed by atoms with Gasteiger partial charge in [0, 0.05) is 33.0 Å². The molecule has 0 bridgehead atoms. The average Bonchev–Trinajstić information content (AvgIpc) is 3.33. The quantitative estimate of drug-likeness (QED) is 0.757. The second-order valence-corrected chi connectivity index (χ2v) is 7.86. The fourth-order valence-corrected chi connectivity index (χ4v) is 4.29. The summed E-state index contributed by atoms with van der Waals surface area (Å²) >= 11 is 0. The van der Waals surface area contributed by atoms with Gasteiger partial charge in [-0.3, -0.25) is 19.3 Å². The van der Waals surface area contributed by atoms with Crippen LogP contribution in [0.2, 0.25) is 0 Å². The Morgan fingerprint density at radius 2 is 2.07 bits per heavy atom. The first-order valence-electron chi connectivity index (χ1n) is 10.1. The zero-order chi connectivity index (χ0) is 20.4. The number of likely N-dealkylation sites (N-methyl/N-ethyl adjacent to an activating group) is 1. The Kier molecular flexibility index (Phi) is 5.62. The second kappa shape index (κ2) is 8.32. The summed E-state index contributed by atoms with van der Waals surface area (Å²) in [4.78, 5) is 33.4. The van der Waals surface area contributed by atoms with E-state index < -0.39 is 6.10 Å². The molecular formula is C21H27N5O3. The largest absolute Gasteiger partial charge is 0.363 e. The third kappa shape index (κ3) is 4.32. The monoisotopic (exact) mass is 397 g/mol. The molecule has 3 atom stereocenters. The Morgan fingerprint density at radius 1 is 1.21 bits per heavy atom. The molecule has 0 N–H and O–H groups in total. The molecule has 0 spiro atoms. The number of aryl methyl sites for hydroxylation is 1. The van der Waals surface area contributed by atoms with Crippen LogP contribution in [-0.4, -0.2) is 68.2 Å². The minimum Gasteiger partial charge on any atom is -0.363 e. The smallest absolute Gasteiger partial charge is 0.251 e. The molecule has 0 aliphatic carbocycles. The average molecular weight is 397 g/mol. The summed E-state index contributed by atoms with van der Waals surface area (Å²) < 4.78 is 7.85. The van der Waals surface area contributed by atoms with E-state index in [1.165, 1.54) is 0 Å². The van der Waals surface area contributed by atoms with Gasteiger partial charge in [0.05, 0.1) is 36.5 Å². The number of amides is 2. The number of carbonyl (C=O) groups is 2. The van der Waals surface area contributed by atoms with Crippen molar-refractivity contribution in [2.24, 2.45) is 7.05 Å². The van der Waals surface area contributed by atoms with Gasteiger partial charge < -0.3 is 14.5 Å².